The highest BCUT2D eigenvalue weighted by molar-refractivity contribution is 9.10. The monoisotopic (exact) mass is 315 g/mol. The van der Waals surface area contributed by atoms with E-state index in [9.17, 15) is 9.18 Å². The summed E-state index contributed by atoms with van der Waals surface area (Å²) in [6, 6.07) is 4.47. The Morgan fingerprint density at radius 3 is 2.76 bits per heavy atom. The predicted molar refractivity (Wildman–Crippen MR) is 66.9 cm³/mol. The van der Waals surface area contributed by atoms with Crippen molar-refractivity contribution < 1.29 is 14.3 Å². The Hall–Kier alpha value is -1.27. The van der Waals surface area contributed by atoms with Gasteiger partial charge >= 0.3 is 5.97 Å². The van der Waals surface area contributed by atoms with Crippen LogP contribution in [0.15, 0.2) is 22.7 Å². The molecule has 6 heteroatoms. The van der Waals surface area contributed by atoms with Crippen molar-refractivity contribution in [1.29, 1.82) is 0 Å². The molecule has 1 N–H and O–H groups in total. The van der Waals surface area contributed by atoms with Crippen LogP contribution in [0.4, 0.5) is 4.39 Å². The second-order valence-electron chi connectivity index (χ2n) is 3.36. The molecule has 88 valence electrons. The largest absolute Gasteiger partial charge is 0.476 e. The van der Waals surface area contributed by atoms with Gasteiger partial charge in [0.2, 0.25) is 0 Å². The molecule has 17 heavy (non-hydrogen) atoms. The SMILES string of the molecule is Cc1sc(-c2ccc(F)c(Br)c2)nc1C(=O)O. The fraction of sp³-hybridized carbons (Fsp3) is 0.0909. The highest BCUT2D eigenvalue weighted by Crippen LogP contribution is 2.30. The van der Waals surface area contributed by atoms with Crippen LogP contribution in [0.2, 0.25) is 0 Å². The number of hydrogen-bond donors (Lipinski definition) is 1. The molecule has 0 fully saturated rings. The van der Waals surface area contributed by atoms with E-state index >= 15 is 0 Å². The van der Waals surface area contributed by atoms with Gasteiger partial charge in [-0.1, -0.05) is 0 Å². The molecular weight excluding hydrogens is 309 g/mol. The van der Waals surface area contributed by atoms with E-state index in [4.69, 9.17) is 5.11 Å². The minimum atomic E-state index is -1.05. The molecule has 0 spiro atoms. The number of aromatic nitrogens is 1. The predicted octanol–water partition coefficient (Wildman–Crippen LogP) is 3.72. The van der Waals surface area contributed by atoms with Crippen LogP contribution >= 0.6 is 27.3 Å². The van der Waals surface area contributed by atoms with Gasteiger partial charge in [0.05, 0.1) is 4.47 Å². The van der Waals surface area contributed by atoms with Crippen molar-refractivity contribution in [2.75, 3.05) is 0 Å². The molecular formula is C11H7BrFNO2S. The van der Waals surface area contributed by atoms with Crippen LogP contribution in [0.1, 0.15) is 15.4 Å². The topological polar surface area (TPSA) is 50.2 Å². The lowest BCUT2D eigenvalue weighted by Crippen LogP contribution is -1.98. The second kappa shape index (κ2) is 4.54. The van der Waals surface area contributed by atoms with Crippen molar-refractivity contribution in [2.45, 2.75) is 6.92 Å². The third-order valence-corrected chi connectivity index (χ3v) is 3.79. The van der Waals surface area contributed by atoms with Gasteiger partial charge in [-0.15, -0.1) is 11.3 Å². The van der Waals surface area contributed by atoms with E-state index < -0.39 is 5.97 Å². The maximum absolute atomic E-state index is 13.1. The number of carboxylic acid groups (broad SMARTS) is 1. The van der Waals surface area contributed by atoms with E-state index in [-0.39, 0.29) is 11.5 Å². The zero-order valence-electron chi connectivity index (χ0n) is 8.70. The van der Waals surface area contributed by atoms with Crippen LogP contribution in [0.5, 0.6) is 0 Å². The summed E-state index contributed by atoms with van der Waals surface area (Å²) in [5.74, 6) is -1.41. The van der Waals surface area contributed by atoms with Crippen LogP contribution in [0.3, 0.4) is 0 Å². The number of aromatic carboxylic acids is 1. The van der Waals surface area contributed by atoms with Crippen LogP contribution in [0.25, 0.3) is 10.6 Å². The quantitative estimate of drug-likeness (QED) is 0.919. The molecule has 0 saturated heterocycles. The highest BCUT2D eigenvalue weighted by atomic mass is 79.9. The van der Waals surface area contributed by atoms with Gasteiger partial charge in [0.1, 0.15) is 10.8 Å². The van der Waals surface area contributed by atoms with Crippen molar-refractivity contribution in [2.24, 2.45) is 0 Å². The maximum atomic E-state index is 13.1. The minimum Gasteiger partial charge on any atom is -0.476 e. The summed E-state index contributed by atoms with van der Waals surface area (Å²) in [4.78, 5) is 15.5. The maximum Gasteiger partial charge on any atom is 0.355 e. The fourth-order valence-corrected chi connectivity index (χ4v) is 2.63. The van der Waals surface area contributed by atoms with Gasteiger partial charge < -0.3 is 5.11 Å². The third kappa shape index (κ3) is 2.37. The van der Waals surface area contributed by atoms with E-state index in [1.807, 2.05) is 0 Å². The zero-order valence-corrected chi connectivity index (χ0v) is 11.1. The molecule has 0 aliphatic carbocycles. The average Bonchev–Trinajstić information content (AvgIpc) is 2.64. The molecule has 0 bridgehead atoms. The van der Waals surface area contributed by atoms with E-state index in [1.165, 1.54) is 17.4 Å². The number of benzene rings is 1. The Kier molecular flexibility index (Phi) is 3.26. The molecule has 3 nitrogen and oxygen atoms in total. The number of thiazole rings is 1. The number of nitrogens with zero attached hydrogens (tertiary/aromatic N) is 1. The van der Waals surface area contributed by atoms with E-state index in [2.05, 4.69) is 20.9 Å². The lowest BCUT2D eigenvalue weighted by Gasteiger charge is -1.98. The summed E-state index contributed by atoms with van der Waals surface area (Å²) < 4.78 is 13.4. The highest BCUT2D eigenvalue weighted by Gasteiger charge is 2.15. The Labute approximate surface area is 109 Å². The molecule has 1 aromatic heterocycles. The lowest BCUT2D eigenvalue weighted by atomic mass is 10.2. The van der Waals surface area contributed by atoms with Crippen molar-refractivity contribution in [3.8, 4) is 10.6 Å². The van der Waals surface area contributed by atoms with Gasteiger partial charge in [-0.25, -0.2) is 14.2 Å². The van der Waals surface area contributed by atoms with Gasteiger partial charge in [0.15, 0.2) is 5.69 Å². The van der Waals surface area contributed by atoms with Crippen molar-refractivity contribution in [3.63, 3.8) is 0 Å². The molecule has 0 aliphatic rings. The number of halogens is 2. The summed E-state index contributed by atoms with van der Waals surface area (Å²) in [6.45, 7) is 1.70. The smallest absolute Gasteiger partial charge is 0.355 e. The Bertz CT molecular complexity index is 597. The molecule has 1 heterocycles. The van der Waals surface area contributed by atoms with E-state index in [0.29, 0.717) is 19.9 Å². The number of carbonyl (C=O) groups is 1. The van der Waals surface area contributed by atoms with Crippen molar-refractivity contribution >= 4 is 33.2 Å². The number of aryl methyl sites for hydroxylation is 1. The summed E-state index contributed by atoms with van der Waals surface area (Å²) in [5, 5.41) is 9.47. The Balaban J connectivity index is 2.50. The number of carboxylic acids is 1. The molecule has 0 unspecified atom stereocenters. The van der Waals surface area contributed by atoms with Gasteiger partial charge in [0, 0.05) is 10.4 Å². The van der Waals surface area contributed by atoms with E-state index in [1.54, 1.807) is 19.1 Å². The molecule has 0 atom stereocenters. The molecule has 1 aromatic carbocycles. The molecule has 0 amide bonds. The zero-order chi connectivity index (χ0) is 12.6. The van der Waals surface area contributed by atoms with Crippen molar-refractivity contribution in [3.05, 3.63) is 39.1 Å². The molecule has 0 saturated carbocycles. The first-order chi connectivity index (χ1) is 7.99. The van der Waals surface area contributed by atoms with Gasteiger partial charge in [-0.3, -0.25) is 0 Å². The van der Waals surface area contributed by atoms with Crippen molar-refractivity contribution in [1.82, 2.24) is 4.98 Å². The normalized spacial score (nSPS) is 10.5. The third-order valence-electron chi connectivity index (χ3n) is 2.17. The van der Waals surface area contributed by atoms with Gasteiger partial charge in [-0.05, 0) is 41.1 Å². The van der Waals surface area contributed by atoms with Crippen LogP contribution in [-0.2, 0) is 0 Å². The van der Waals surface area contributed by atoms with Crippen LogP contribution in [0, 0.1) is 12.7 Å². The molecule has 0 aliphatic heterocycles. The summed E-state index contributed by atoms with van der Waals surface area (Å²) in [7, 11) is 0. The second-order valence-corrected chi connectivity index (χ2v) is 5.42. The molecule has 0 radical (unpaired) electrons. The van der Waals surface area contributed by atoms with Gasteiger partial charge in [-0.2, -0.15) is 0 Å². The fourth-order valence-electron chi connectivity index (χ4n) is 1.35. The average molecular weight is 316 g/mol. The summed E-state index contributed by atoms with van der Waals surface area (Å²) in [6.07, 6.45) is 0. The summed E-state index contributed by atoms with van der Waals surface area (Å²) >= 11 is 4.36. The first-order valence-corrected chi connectivity index (χ1v) is 6.26. The minimum absolute atomic E-state index is 0.0467. The van der Waals surface area contributed by atoms with Crippen LogP contribution in [-0.4, -0.2) is 16.1 Å². The first-order valence-electron chi connectivity index (χ1n) is 4.65. The van der Waals surface area contributed by atoms with E-state index in [0.717, 1.165) is 0 Å². The summed E-state index contributed by atoms with van der Waals surface area (Å²) in [5.41, 5.74) is 0.740. The molecule has 2 rings (SSSR count). The standard InChI is InChI=1S/C11H7BrFNO2S/c1-5-9(11(15)16)14-10(17-5)6-2-3-8(13)7(12)4-6/h2-4H,1H3,(H,15,16). The lowest BCUT2D eigenvalue weighted by molar-refractivity contribution is 0.0690. The van der Waals surface area contributed by atoms with Crippen LogP contribution < -0.4 is 0 Å². The molecule has 2 aromatic rings. The van der Waals surface area contributed by atoms with Gasteiger partial charge in [0.25, 0.3) is 0 Å². The number of rotatable bonds is 2. The Morgan fingerprint density at radius 2 is 2.24 bits per heavy atom. The Morgan fingerprint density at radius 1 is 1.53 bits per heavy atom. The first kappa shape index (κ1) is 12.2. The number of hydrogen-bond acceptors (Lipinski definition) is 3.